The highest BCUT2D eigenvalue weighted by Gasteiger charge is 2.38. The van der Waals surface area contributed by atoms with Crippen molar-refractivity contribution in [3.8, 4) is 0 Å². The number of aliphatic carboxylic acids is 1. The third-order valence-corrected chi connectivity index (χ3v) is 3.99. The second-order valence-electron chi connectivity index (χ2n) is 5.53. The van der Waals surface area contributed by atoms with Crippen molar-refractivity contribution in [1.29, 1.82) is 0 Å². The van der Waals surface area contributed by atoms with E-state index in [1.165, 1.54) is 0 Å². The van der Waals surface area contributed by atoms with Gasteiger partial charge in [-0.15, -0.1) is 0 Å². The third-order valence-electron chi connectivity index (χ3n) is 2.94. The van der Waals surface area contributed by atoms with Gasteiger partial charge in [0.15, 0.2) is 0 Å². The van der Waals surface area contributed by atoms with Crippen LogP contribution in [0.25, 0.3) is 0 Å². The molecular weight excluding hydrogens is 238 g/mol. The van der Waals surface area contributed by atoms with Crippen molar-refractivity contribution in [2.45, 2.75) is 39.7 Å². The van der Waals surface area contributed by atoms with Crippen LogP contribution in [0.3, 0.4) is 0 Å². The van der Waals surface area contributed by atoms with E-state index in [0.717, 1.165) is 24.3 Å². The maximum absolute atomic E-state index is 12.0. The predicted octanol–water partition coefficient (Wildman–Crippen LogP) is 1.75. The van der Waals surface area contributed by atoms with Gasteiger partial charge in [-0.25, -0.2) is 0 Å². The second-order valence-corrected chi connectivity index (χ2v) is 6.76. The smallest absolute Gasteiger partial charge is 0.316 e. The van der Waals surface area contributed by atoms with Crippen LogP contribution in [0.15, 0.2) is 0 Å². The molecule has 0 aliphatic carbocycles. The van der Waals surface area contributed by atoms with E-state index in [-0.39, 0.29) is 11.9 Å². The Labute approximate surface area is 107 Å². The van der Waals surface area contributed by atoms with Crippen LogP contribution in [0.1, 0.15) is 33.6 Å². The molecule has 2 N–H and O–H groups in total. The lowest BCUT2D eigenvalue weighted by atomic mass is 9.80. The van der Waals surface area contributed by atoms with Crippen molar-refractivity contribution in [3.05, 3.63) is 0 Å². The first kappa shape index (κ1) is 14.4. The van der Waals surface area contributed by atoms with Crippen molar-refractivity contribution in [2.24, 2.45) is 11.3 Å². The lowest BCUT2D eigenvalue weighted by molar-refractivity contribution is -0.151. The van der Waals surface area contributed by atoms with E-state index in [9.17, 15) is 9.59 Å². The van der Waals surface area contributed by atoms with Gasteiger partial charge in [-0.1, -0.05) is 20.8 Å². The molecule has 98 valence electrons. The van der Waals surface area contributed by atoms with E-state index < -0.39 is 17.3 Å². The Morgan fingerprint density at radius 3 is 2.24 bits per heavy atom. The van der Waals surface area contributed by atoms with Gasteiger partial charge in [-0.3, -0.25) is 9.59 Å². The quantitative estimate of drug-likeness (QED) is 0.758. The molecule has 1 aliphatic rings. The summed E-state index contributed by atoms with van der Waals surface area (Å²) in [6.45, 7) is 5.34. The summed E-state index contributed by atoms with van der Waals surface area (Å²) < 4.78 is 0. The number of carbonyl (C=O) groups excluding carboxylic acids is 1. The number of carbonyl (C=O) groups is 2. The number of nitrogens with one attached hydrogen (secondary N) is 1. The summed E-state index contributed by atoms with van der Waals surface area (Å²) in [6.07, 6.45) is 1.87. The Morgan fingerprint density at radius 2 is 1.82 bits per heavy atom. The number of thioether (sulfide) groups is 1. The Kier molecular flexibility index (Phi) is 4.86. The van der Waals surface area contributed by atoms with Crippen LogP contribution in [0.4, 0.5) is 0 Å². The zero-order valence-electron chi connectivity index (χ0n) is 10.7. The average Bonchev–Trinajstić information content (AvgIpc) is 2.15. The molecule has 4 nitrogen and oxygen atoms in total. The molecule has 1 aliphatic heterocycles. The van der Waals surface area contributed by atoms with E-state index in [2.05, 4.69) is 5.32 Å². The van der Waals surface area contributed by atoms with Crippen LogP contribution in [-0.4, -0.2) is 34.5 Å². The van der Waals surface area contributed by atoms with Crippen LogP contribution in [-0.2, 0) is 9.59 Å². The van der Waals surface area contributed by atoms with Crippen LogP contribution in [0.5, 0.6) is 0 Å². The molecule has 1 heterocycles. The van der Waals surface area contributed by atoms with E-state index in [1.54, 1.807) is 20.8 Å². The highest BCUT2D eigenvalue weighted by Crippen LogP contribution is 2.27. The number of rotatable bonds is 3. The van der Waals surface area contributed by atoms with E-state index in [1.807, 2.05) is 11.8 Å². The van der Waals surface area contributed by atoms with Gasteiger partial charge in [-0.05, 0) is 29.8 Å². The summed E-state index contributed by atoms with van der Waals surface area (Å²) >= 11 is 1.88. The molecule has 0 saturated carbocycles. The number of carboxylic acids is 1. The first-order chi connectivity index (χ1) is 7.82. The summed E-state index contributed by atoms with van der Waals surface area (Å²) in [5, 5.41) is 12.0. The number of hydrogen-bond acceptors (Lipinski definition) is 3. The lowest BCUT2D eigenvalue weighted by Crippen LogP contribution is -2.47. The topological polar surface area (TPSA) is 66.4 Å². The Bertz CT molecular complexity index is 293. The van der Waals surface area contributed by atoms with Crippen molar-refractivity contribution in [2.75, 3.05) is 11.5 Å². The molecule has 0 spiro atoms. The Morgan fingerprint density at radius 1 is 1.29 bits per heavy atom. The van der Waals surface area contributed by atoms with Crippen LogP contribution in [0, 0.1) is 11.3 Å². The molecular formula is C12H21NO3S. The largest absolute Gasteiger partial charge is 0.481 e. The standard InChI is InChI=1S/C12H21NO3S/c1-12(2,3)9(11(15)16)10(14)13-8-4-6-17-7-5-8/h8-9H,4-7H2,1-3H3,(H,13,14)(H,15,16). The molecule has 17 heavy (non-hydrogen) atoms. The number of amides is 1. The van der Waals surface area contributed by atoms with Crippen molar-refractivity contribution in [1.82, 2.24) is 5.32 Å². The van der Waals surface area contributed by atoms with Crippen molar-refractivity contribution >= 4 is 23.6 Å². The van der Waals surface area contributed by atoms with Gasteiger partial charge in [0.05, 0.1) is 0 Å². The summed E-state index contributed by atoms with van der Waals surface area (Å²) in [6, 6.07) is 0.146. The molecule has 0 aromatic carbocycles. The molecule has 0 bridgehead atoms. The van der Waals surface area contributed by atoms with E-state index in [0.29, 0.717) is 0 Å². The van der Waals surface area contributed by atoms with Gasteiger partial charge in [0.25, 0.3) is 0 Å². The SMILES string of the molecule is CC(C)(C)C(C(=O)O)C(=O)NC1CCSCC1. The molecule has 1 atom stereocenters. The Hall–Kier alpha value is -0.710. The summed E-state index contributed by atoms with van der Waals surface area (Å²) in [7, 11) is 0. The minimum Gasteiger partial charge on any atom is -0.481 e. The van der Waals surface area contributed by atoms with Gasteiger partial charge in [-0.2, -0.15) is 11.8 Å². The molecule has 1 saturated heterocycles. The monoisotopic (exact) mass is 259 g/mol. The van der Waals surface area contributed by atoms with Crippen LogP contribution < -0.4 is 5.32 Å². The number of hydrogen-bond donors (Lipinski definition) is 2. The van der Waals surface area contributed by atoms with Crippen molar-refractivity contribution in [3.63, 3.8) is 0 Å². The highest BCUT2D eigenvalue weighted by atomic mass is 32.2. The minimum atomic E-state index is -1.04. The highest BCUT2D eigenvalue weighted by molar-refractivity contribution is 7.99. The summed E-state index contributed by atoms with van der Waals surface area (Å²) in [5.41, 5.74) is -0.556. The second kappa shape index (κ2) is 5.76. The Balaban J connectivity index is 2.62. The molecule has 1 amide bonds. The zero-order chi connectivity index (χ0) is 13.1. The van der Waals surface area contributed by atoms with E-state index in [4.69, 9.17) is 5.11 Å². The van der Waals surface area contributed by atoms with E-state index >= 15 is 0 Å². The predicted molar refractivity (Wildman–Crippen MR) is 69.1 cm³/mol. The van der Waals surface area contributed by atoms with Gasteiger partial charge < -0.3 is 10.4 Å². The summed E-state index contributed by atoms with van der Waals surface area (Å²) in [5.74, 6) is -0.282. The fraction of sp³-hybridized carbons (Fsp3) is 0.833. The molecule has 0 aromatic rings. The normalized spacial score (nSPS) is 19.7. The first-order valence-corrected chi connectivity index (χ1v) is 7.09. The van der Waals surface area contributed by atoms with Gasteiger partial charge in [0.1, 0.15) is 5.92 Å². The molecule has 5 heteroatoms. The minimum absolute atomic E-state index is 0.146. The fourth-order valence-corrected chi connectivity index (χ4v) is 3.11. The zero-order valence-corrected chi connectivity index (χ0v) is 11.5. The maximum atomic E-state index is 12.0. The number of carboxylic acid groups (broad SMARTS) is 1. The fourth-order valence-electron chi connectivity index (χ4n) is 2.00. The average molecular weight is 259 g/mol. The van der Waals surface area contributed by atoms with Gasteiger partial charge >= 0.3 is 5.97 Å². The van der Waals surface area contributed by atoms with Gasteiger partial charge in [0, 0.05) is 6.04 Å². The molecule has 0 radical (unpaired) electrons. The molecule has 1 fully saturated rings. The van der Waals surface area contributed by atoms with Crippen molar-refractivity contribution < 1.29 is 14.7 Å². The maximum Gasteiger partial charge on any atom is 0.316 e. The third kappa shape index (κ3) is 4.22. The van der Waals surface area contributed by atoms with Crippen LogP contribution >= 0.6 is 11.8 Å². The molecule has 1 rings (SSSR count). The summed E-state index contributed by atoms with van der Waals surface area (Å²) in [4.78, 5) is 23.2. The van der Waals surface area contributed by atoms with Gasteiger partial charge in [0.2, 0.25) is 5.91 Å². The first-order valence-electron chi connectivity index (χ1n) is 5.93. The van der Waals surface area contributed by atoms with Crippen LogP contribution in [0.2, 0.25) is 0 Å². The lowest BCUT2D eigenvalue weighted by Gasteiger charge is -2.29. The molecule has 1 unspecified atom stereocenters. The molecule has 0 aromatic heterocycles.